The summed E-state index contributed by atoms with van der Waals surface area (Å²) in [7, 11) is 0. The normalized spacial score (nSPS) is 13.8. The van der Waals surface area contributed by atoms with Crippen molar-refractivity contribution >= 4 is 32.3 Å². The number of pyridine rings is 2. The zero-order valence-electron chi connectivity index (χ0n) is 27.9. The molecule has 1 aliphatic heterocycles. The Morgan fingerprint density at radius 1 is 0.519 bits per heavy atom. The van der Waals surface area contributed by atoms with Crippen LogP contribution in [0.5, 0.6) is 0 Å². The Labute approximate surface area is 299 Å². The van der Waals surface area contributed by atoms with E-state index in [1.165, 1.54) is 21.9 Å². The lowest BCUT2D eigenvalue weighted by Gasteiger charge is -2.19. The number of aromatic nitrogens is 3. The molecule has 9 aromatic rings. The first-order valence-corrected chi connectivity index (χ1v) is 17.2. The second-order valence-electron chi connectivity index (χ2n) is 13.0. The lowest BCUT2D eigenvalue weighted by Crippen LogP contribution is -2.11. The monoisotopic (exact) mass is 670 g/mol. The summed E-state index contributed by atoms with van der Waals surface area (Å²) in [6.07, 6.45) is 14.0. The number of benzene rings is 6. The first-order chi connectivity index (χ1) is 25.8. The van der Waals surface area contributed by atoms with Crippen LogP contribution in [0.4, 0.5) is 0 Å². The van der Waals surface area contributed by atoms with E-state index < -0.39 is 0 Å². The van der Waals surface area contributed by atoms with E-state index in [0.29, 0.717) is 5.89 Å². The third-order valence-electron chi connectivity index (χ3n) is 9.93. The fraction of sp³-hybridized carbons (Fsp3) is 0.0217. The predicted octanol–water partition coefficient (Wildman–Crippen LogP) is 11.3. The molecule has 6 heteroatoms. The molecule has 0 saturated carbocycles. The van der Waals surface area contributed by atoms with E-state index >= 15 is 0 Å². The van der Waals surface area contributed by atoms with Gasteiger partial charge in [0.25, 0.3) is 0 Å². The summed E-state index contributed by atoms with van der Waals surface area (Å²) in [6.45, 7) is 0. The third-order valence-corrected chi connectivity index (χ3v) is 9.93. The molecule has 52 heavy (non-hydrogen) atoms. The molecule has 246 valence electrons. The van der Waals surface area contributed by atoms with Crippen molar-refractivity contribution < 1.29 is 9.15 Å². The molecule has 1 aliphatic rings. The maximum absolute atomic E-state index is 5.81. The van der Waals surface area contributed by atoms with Crippen molar-refractivity contribution in [1.29, 1.82) is 0 Å². The topological polar surface area (TPSA) is 73.1 Å². The summed E-state index contributed by atoms with van der Waals surface area (Å²) in [5.74, 6) is 0.536. The molecule has 6 nitrogen and oxygen atoms in total. The van der Waals surface area contributed by atoms with E-state index in [2.05, 4.69) is 137 Å². The van der Waals surface area contributed by atoms with Gasteiger partial charge in [0.05, 0.1) is 11.8 Å². The Kier molecular flexibility index (Phi) is 7.10. The van der Waals surface area contributed by atoms with Crippen LogP contribution < -0.4 is 5.32 Å². The number of nitrogens with zero attached hydrogens (tertiary/aromatic N) is 3. The van der Waals surface area contributed by atoms with Gasteiger partial charge in [0, 0.05) is 47.7 Å². The SMILES string of the molecule is C1=COC(c2cncc(-c3c4ccccc4c(-c4cncc(-c5ncco5)c4)c4ccc(-c5ccc(-c6cccc7ccccc67)cc5)cc34)c2)N1. The first-order valence-electron chi connectivity index (χ1n) is 17.2. The molecule has 0 amide bonds. The summed E-state index contributed by atoms with van der Waals surface area (Å²) in [5, 5.41) is 10.2. The van der Waals surface area contributed by atoms with Crippen molar-refractivity contribution in [1.82, 2.24) is 20.3 Å². The Hall–Kier alpha value is -7.05. The maximum atomic E-state index is 5.81. The van der Waals surface area contributed by atoms with Crippen LogP contribution in [0, 0.1) is 0 Å². The molecule has 0 fully saturated rings. The molecule has 0 radical (unpaired) electrons. The smallest absolute Gasteiger partial charge is 0.227 e. The van der Waals surface area contributed by atoms with Crippen LogP contribution in [0.3, 0.4) is 0 Å². The van der Waals surface area contributed by atoms with Gasteiger partial charge < -0.3 is 14.5 Å². The van der Waals surface area contributed by atoms with Crippen molar-refractivity contribution in [2.45, 2.75) is 6.23 Å². The number of rotatable bonds is 6. The number of oxazole rings is 1. The van der Waals surface area contributed by atoms with Crippen molar-refractivity contribution in [3.8, 4) is 56.0 Å². The zero-order chi connectivity index (χ0) is 34.4. The van der Waals surface area contributed by atoms with Crippen molar-refractivity contribution in [3.63, 3.8) is 0 Å². The van der Waals surface area contributed by atoms with Crippen LogP contribution in [0.1, 0.15) is 11.8 Å². The van der Waals surface area contributed by atoms with Gasteiger partial charge in [-0.25, -0.2) is 4.98 Å². The number of hydrogen-bond donors (Lipinski definition) is 1. The average molecular weight is 671 g/mol. The van der Waals surface area contributed by atoms with Crippen LogP contribution in [-0.4, -0.2) is 15.0 Å². The largest absolute Gasteiger partial charge is 0.473 e. The number of fused-ring (bicyclic) bond motifs is 3. The van der Waals surface area contributed by atoms with E-state index in [1.54, 1.807) is 24.9 Å². The molecule has 0 bridgehead atoms. The summed E-state index contributed by atoms with van der Waals surface area (Å²) in [4.78, 5) is 13.7. The van der Waals surface area contributed by atoms with Crippen LogP contribution in [0.25, 0.3) is 88.3 Å². The molecule has 3 aromatic heterocycles. The highest BCUT2D eigenvalue weighted by Gasteiger charge is 2.21. The van der Waals surface area contributed by atoms with E-state index in [1.807, 2.05) is 24.8 Å². The lowest BCUT2D eigenvalue weighted by atomic mass is 9.85. The summed E-state index contributed by atoms with van der Waals surface area (Å²) >= 11 is 0. The van der Waals surface area contributed by atoms with E-state index in [-0.39, 0.29) is 6.23 Å². The Morgan fingerprint density at radius 2 is 1.19 bits per heavy atom. The third kappa shape index (κ3) is 5.08. The quantitative estimate of drug-likeness (QED) is 0.178. The van der Waals surface area contributed by atoms with Crippen molar-refractivity contribution in [2.24, 2.45) is 0 Å². The highest BCUT2D eigenvalue weighted by atomic mass is 16.5. The van der Waals surface area contributed by atoms with Gasteiger partial charge in [-0.2, -0.15) is 0 Å². The van der Waals surface area contributed by atoms with Gasteiger partial charge in [-0.1, -0.05) is 103 Å². The highest BCUT2D eigenvalue weighted by molar-refractivity contribution is 6.22. The predicted molar refractivity (Wildman–Crippen MR) is 208 cm³/mol. The first kappa shape index (κ1) is 29.8. The van der Waals surface area contributed by atoms with Gasteiger partial charge in [0.2, 0.25) is 5.89 Å². The van der Waals surface area contributed by atoms with E-state index in [9.17, 15) is 0 Å². The van der Waals surface area contributed by atoms with E-state index in [0.717, 1.165) is 66.1 Å². The second kappa shape index (κ2) is 12.4. The summed E-state index contributed by atoms with van der Waals surface area (Å²) in [5.41, 5.74) is 10.7. The van der Waals surface area contributed by atoms with Gasteiger partial charge in [0.1, 0.15) is 12.5 Å². The van der Waals surface area contributed by atoms with Crippen molar-refractivity contribution in [3.05, 3.63) is 177 Å². The minimum Gasteiger partial charge on any atom is -0.473 e. The molecular formula is C46H30N4O2. The minimum atomic E-state index is -0.288. The zero-order valence-corrected chi connectivity index (χ0v) is 27.9. The minimum absolute atomic E-state index is 0.288. The van der Waals surface area contributed by atoms with Gasteiger partial charge in [-0.05, 0) is 83.9 Å². The lowest BCUT2D eigenvalue weighted by molar-refractivity contribution is 0.154. The number of nitrogens with one attached hydrogen (secondary N) is 1. The van der Waals surface area contributed by atoms with E-state index in [4.69, 9.17) is 14.1 Å². The van der Waals surface area contributed by atoms with Crippen LogP contribution >= 0.6 is 0 Å². The summed E-state index contributed by atoms with van der Waals surface area (Å²) < 4.78 is 11.5. The van der Waals surface area contributed by atoms with Gasteiger partial charge in [-0.15, -0.1) is 0 Å². The fourth-order valence-corrected chi connectivity index (χ4v) is 7.56. The molecule has 0 aliphatic carbocycles. The van der Waals surface area contributed by atoms with Crippen LogP contribution in [0.2, 0.25) is 0 Å². The molecular weight excluding hydrogens is 641 g/mol. The number of ether oxygens (including phenoxy) is 1. The maximum Gasteiger partial charge on any atom is 0.227 e. The molecule has 1 unspecified atom stereocenters. The van der Waals surface area contributed by atoms with Gasteiger partial charge in [-0.3, -0.25) is 9.97 Å². The standard InChI is InChI=1S/C46H30N4O2/c1-2-8-37-30(6-1)7-5-11-38(37)31-14-12-29(13-15-31)32-16-17-41-42(24-32)44(34-23-36(28-48-26-34)46-50-19-21-52-46)40-10-4-3-9-39(40)43(41)33-22-35(27-47-25-33)45-49-18-20-51-45/h1-28,46,50H. The molecule has 4 heterocycles. The Balaban J connectivity index is 1.19. The molecule has 1 N–H and O–H groups in total. The average Bonchev–Trinajstić information content (AvgIpc) is 3.96. The van der Waals surface area contributed by atoms with Gasteiger partial charge in [0.15, 0.2) is 6.23 Å². The van der Waals surface area contributed by atoms with Crippen LogP contribution in [-0.2, 0) is 4.74 Å². The Bertz CT molecular complexity index is 2790. The fourth-order valence-electron chi connectivity index (χ4n) is 7.56. The molecule has 0 saturated heterocycles. The van der Waals surface area contributed by atoms with Crippen LogP contribution in [0.15, 0.2) is 175 Å². The molecule has 1 atom stereocenters. The number of hydrogen-bond acceptors (Lipinski definition) is 6. The second-order valence-corrected chi connectivity index (χ2v) is 13.0. The molecule has 6 aromatic carbocycles. The highest BCUT2D eigenvalue weighted by Crippen LogP contribution is 2.45. The Morgan fingerprint density at radius 3 is 1.98 bits per heavy atom. The molecule has 0 spiro atoms. The summed E-state index contributed by atoms with van der Waals surface area (Å²) in [6, 6.07) is 43.6. The van der Waals surface area contributed by atoms with Crippen molar-refractivity contribution in [2.75, 3.05) is 0 Å². The molecule has 10 rings (SSSR count). The van der Waals surface area contributed by atoms with Gasteiger partial charge >= 0.3 is 0 Å².